The zero-order chi connectivity index (χ0) is 11.1. The first-order chi connectivity index (χ1) is 7.23. The predicted molar refractivity (Wildman–Crippen MR) is 76.7 cm³/mol. The van der Waals surface area contributed by atoms with Crippen LogP contribution in [-0.4, -0.2) is 27.0 Å². The zero-order valence-electron chi connectivity index (χ0n) is 9.48. The monoisotopic (exact) mass is 306 g/mol. The molecule has 0 N–H and O–H groups in total. The fourth-order valence-corrected chi connectivity index (χ4v) is 10.2. The Kier molecular flexibility index (Phi) is 6.31. The minimum atomic E-state index is -1.05. The summed E-state index contributed by atoms with van der Waals surface area (Å²) in [5.74, 6) is 1.27. The van der Waals surface area contributed by atoms with E-state index in [1.165, 1.54) is 30.1 Å². The van der Waals surface area contributed by atoms with E-state index in [-0.39, 0.29) is 0 Å². The molecule has 0 saturated heterocycles. The quantitative estimate of drug-likeness (QED) is 0.568. The van der Waals surface area contributed by atoms with Crippen molar-refractivity contribution in [2.45, 2.75) is 26.7 Å². The van der Waals surface area contributed by atoms with Crippen LogP contribution in [0, 0.1) is 0 Å². The van der Waals surface area contributed by atoms with Crippen LogP contribution in [0.2, 0.25) is 0 Å². The normalized spacial score (nSPS) is 14.8. The molecule has 0 aliphatic heterocycles. The summed E-state index contributed by atoms with van der Waals surface area (Å²) >= 11 is 5.67. The van der Waals surface area contributed by atoms with E-state index < -0.39 is 4.71 Å². The fourth-order valence-electron chi connectivity index (χ4n) is 1.46. The van der Waals surface area contributed by atoms with Gasteiger partial charge in [-0.25, -0.2) is 0 Å². The van der Waals surface area contributed by atoms with Crippen LogP contribution < -0.4 is 5.30 Å². The van der Waals surface area contributed by atoms with Gasteiger partial charge in [-0.1, -0.05) is 0 Å². The van der Waals surface area contributed by atoms with E-state index in [4.69, 9.17) is 0 Å². The van der Waals surface area contributed by atoms with Crippen molar-refractivity contribution in [2.75, 3.05) is 11.9 Å². The minimum absolute atomic E-state index is 1.05. The molecule has 0 radical (unpaired) electrons. The Balaban J connectivity index is 2.86. The van der Waals surface area contributed by atoms with E-state index in [2.05, 4.69) is 70.7 Å². The summed E-state index contributed by atoms with van der Waals surface area (Å²) in [7, 11) is 0. The predicted octanol–water partition coefficient (Wildman–Crippen LogP) is 3.88. The van der Waals surface area contributed by atoms with Crippen LogP contribution in [0.5, 0.6) is 0 Å². The van der Waals surface area contributed by atoms with Crippen molar-refractivity contribution in [3.63, 3.8) is 0 Å². The van der Waals surface area contributed by atoms with Crippen LogP contribution in [0.15, 0.2) is 30.3 Å². The Morgan fingerprint density at radius 2 is 1.80 bits per heavy atom. The first-order valence-corrected chi connectivity index (χ1v) is 11.3. The Bertz CT molecular complexity index is 324. The number of rotatable bonds is 6. The first-order valence-electron chi connectivity index (χ1n) is 5.52. The van der Waals surface area contributed by atoms with Crippen molar-refractivity contribution >= 4 is 36.5 Å². The molecule has 0 bridgehead atoms. The van der Waals surface area contributed by atoms with Gasteiger partial charge in [0.2, 0.25) is 0 Å². The van der Waals surface area contributed by atoms with Crippen molar-refractivity contribution in [1.29, 1.82) is 0 Å². The molecule has 0 fully saturated rings. The molecular formula is C12H19PSSe. The van der Waals surface area contributed by atoms with Crippen LogP contribution in [0.1, 0.15) is 26.7 Å². The molecule has 1 unspecified atom stereocenters. The average molecular weight is 305 g/mol. The van der Waals surface area contributed by atoms with Crippen LogP contribution in [-0.2, 0) is 0 Å². The summed E-state index contributed by atoms with van der Waals surface area (Å²) in [4.78, 5) is 0. The van der Waals surface area contributed by atoms with Gasteiger partial charge in [0.05, 0.1) is 0 Å². The molecule has 0 nitrogen and oxygen atoms in total. The Morgan fingerprint density at radius 3 is 2.33 bits per heavy atom. The standard InChI is InChI=1S/C12H19PSSe/c1-3-10-13(15,14-11-4-2)12-8-6-5-7-9-12/h5-9H,3-4,10-11H2,1-2H3. The average Bonchev–Trinajstić information content (AvgIpc) is 2.28. The molecule has 0 heterocycles. The van der Waals surface area contributed by atoms with Gasteiger partial charge >= 0.3 is 105 Å². The van der Waals surface area contributed by atoms with Crippen molar-refractivity contribution < 1.29 is 0 Å². The van der Waals surface area contributed by atoms with Gasteiger partial charge in [0.15, 0.2) is 0 Å². The van der Waals surface area contributed by atoms with Crippen LogP contribution in [0.3, 0.4) is 0 Å². The summed E-state index contributed by atoms with van der Waals surface area (Å²) < 4.78 is -1.05. The van der Waals surface area contributed by atoms with Crippen LogP contribution in [0.4, 0.5) is 0 Å². The van der Waals surface area contributed by atoms with Gasteiger partial charge in [-0.2, -0.15) is 0 Å². The maximum absolute atomic E-state index is 3.52. The second-order valence-electron chi connectivity index (χ2n) is 3.57. The van der Waals surface area contributed by atoms with Crippen LogP contribution in [0.25, 0.3) is 0 Å². The molecule has 0 spiro atoms. The SMILES string of the molecule is CCCSP(=[Se])(CCC)c1ccccc1. The summed E-state index contributed by atoms with van der Waals surface area (Å²) in [6, 6.07) is 11.0. The van der Waals surface area contributed by atoms with Gasteiger partial charge in [0.1, 0.15) is 0 Å². The van der Waals surface area contributed by atoms with Crippen molar-refractivity contribution in [2.24, 2.45) is 0 Å². The van der Waals surface area contributed by atoms with Gasteiger partial charge in [-0.05, 0) is 0 Å². The van der Waals surface area contributed by atoms with Gasteiger partial charge < -0.3 is 0 Å². The Labute approximate surface area is 105 Å². The summed E-state index contributed by atoms with van der Waals surface area (Å²) in [5, 5.41) is 1.53. The number of hydrogen-bond acceptors (Lipinski definition) is 1. The van der Waals surface area contributed by atoms with Gasteiger partial charge in [0, 0.05) is 0 Å². The van der Waals surface area contributed by atoms with Gasteiger partial charge in [-0.15, -0.1) is 0 Å². The summed E-state index contributed by atoms with van der Waals surface area (Å²) in [5.41, 5.74) is 0. The molecule has 0 aliphatic carbocycles. The Morgan fingerprint density at radius 1 is 1.13 bits per heavy atom. The van der Waals surface area contributed by atoms with Crippen molar-refractivity contribution in [3.05, 3.63) is 30.3 Å². The molecule has 1 rings (SSSR count). The van der Waals surface area contributed by atoms with Gasteiger partial charge in [-0.3, -0.25) is 0 Å². The molecule has 1 atom stereocenters. The summed E-state index contributed by atoms with van der Waals surface area (Å²) in [6.07, 6.45) is 3.86. The third kappa shape index (κ3) is 4.11. The second kappa shape index (κ2) is 6.97. The van der Waals surface area contributed by atoms with Crippen molar-refractivity contribution in [1.82, 2.24) is 0 Å². The number of benzene rings is 1. The molecular weight excluding hydrogens is 286 g/mol. The van der Waals surface area contributed by atoms with Crippen molar-refractivity contribution in [3.8, 4) is 0 Å². The van der Waals surface area contributed by atoms with Crippen LogP contribution >= 0.6 is 16.1 Å². The molecule has 1 aromatic carbocycles. The fraction of sp³-hybridized carbons (Fsp3) is 0.500. The van der Waals surface area contributed by atoms with E-state index in [1.807, 2.05) is 0 Å². The Hall–Kier alpha value is 0.519. The third-order valence-electron chi connectivity index (χ3n) is 2.17. The topological polar surface area (TPSA) is 0 Å². The van der Waals surface area contributed by atoms with E-state index in [9.17, 15) is 0 Å². The molecule has 0 amide bonds. The molecule has 0 saturated carbocycles. The second-order valence-corrected chi connectivity index (χ2v) is 14.7. The zero-order valence-corrected chi connectivity index (χ0v) is 12.9. The molecule has 1 aromatic rings. The molecule has 0 aliphatic rings. The van der Waals surface area contributed by atoms with E-state index in [0.29, 0.717) is 0 Å². The molecule has 84 valence electrons. The number of hydrogen-bond donors (Lipinski definition) is 0. The van der Waals surface area contributed by atoms with E-state index in [0.717, 1.165) is 0 Å². The van der Waals surface area contributed by atoms with Gasteiger partial charge in [0.25, 0.3) is 0 Å². The maximum atomic E-state index is 3.52. The molecule has 3 heteroatoms. The third-order valence-corrected chi connectivity index (χ3v) is 12.7. The van der Waals surface area contributed by atoms with E-state index in [1.54, 1.807) is 0 Å². The first kappa shape index (κ1) is 13.6. The summed E-state index contributed by atoms with van der Waals surface area (Å²) in [6.45, 7) is 4.54. The van der Waals surface area contributed by atoms with E-state index >= 15 is 0 Å². The molecule has 0 aromatic heterocycles. The molecule has 15 heavy (non-hydrogen) atoms.